The molecule has 0 fully saturated rings. The van der Waals surface area contributed by atoms with Gasteiger partial charge in [0.2, 0.25) is 15.9 Å². The monoisotopic (exact) mass is 416 g/mol. The third-order valence-corrected chi connectivity index (χ3v) is 7.01. The molecule has 0 atom stereocenters. The highest BCUT2D eigenvalue weighted by atomic mass is 32.2. The zero-order chi connectivity index (χ0) is 21.7. The van der Waals surface area contributed by atoms with Gasteiger partial charge in [0.25, 0.3) is 0 Å². The lowest BCUT2D eigenvalue weighted by Crippen LogP contribution is -2.30. The van der Waals surface area contributed by atoms with E-state index < -0.39 is 10.0 Å². The third kappa shape index (κ3) is 6.15. The largest absolute Gasteiger partial charge is 0.326 e. The summed E-state index contributed by atoms with van der Waals surface area (Å²) in [6, 6.07) is 14.7. The summed E-state index contributed by atoms with van der Waals surface area (Å²) in [4.78, 5) is 12.5. The maximum absolute atomic E-state index is 12.5. The number of anilines is 1. The minimum atomic E-state index is -3.49. The molecule has 2 aromatic rings. The third-order valence-electron chi connectivity index (χ3n) is 4.94. The molecular formula is C23H32N2O3S. The minimum absolute atomic E-state index is 0.0933. The van der Waals surface area contributed by atoms with E-state index in [4.69, 9.17) is 0 Å². The second kappa shape index (κ2) is 9.55. The topological polar surface area (TPSA) is 66.5 Å². The van der Waals surface area contributed by atoms with Gasteiger partial charge in [0.1, 0.15) is 0 Å². The first-order valence-corrected chi connectivity index (χ1v) is 11.5. The fourth-order valence-corrected chi connectivity index (χ4v) is 4.53. The molecule has 0 radical (unpaired) electrons. The number of amides is 1. The van der Waals surface area contributed by atoms with Gasteiger partial charge in [0.15, 0.2) is 0 Å². The quantitative estimate of drug-likeness (QED) is 0.685. The molecule has 0 aliphatic carbocycles. The summed E-state index contributed by atoms with van der Waals surface area (Å²) in [6.45, 7) is 11.0. The Labute approximate surface area is 175 Å². The molecule has 0 aliphatic rings. The Morgan fingerprint density at radius 2 is 1.48 bits per heavy atom. The summed E-state index contributed by atoms with van der Waals surface area (Å²) < 4.78 is 26.4. The predicted octanol–water partition coefficient (Wildman–Crippen LogP) is 4.59. The first-order valence-electron chi connectivity index (χ1n) is 10.1. The summed E-state index contributed by atoms with van der Waals surface area (Å²) in [5.74, 6) is -0.0933. The highest BCUT2D eigenvalue weighted by Crippen LogP contribution is 2.23. The van der Waals surface area contributed by atoms with Crippen molar-refractivity contribution in [3.8, 4) is 0 Å². The summed E-state index contributed by atoms with van der Waals surface area (Å²) in [6.07, 6.45) is 1.03. The van der Waals surface area contributed by atoms with E-state index in [1.165, 1.54) is 22.0 Å². The van der Waals surface area contributed by atoms with Crippen LogP contribution < -0.4 is 5.32 Å². The molecule has 0 bridgehead atoms. The highest BCUT2D eigenvalue weighted by molar-refractivity contribution is 7.89. The van der Waals surface area contributed by atoms with Gasteiger partial charge in [-0.25, -0.2) is 8.42 Å². The van der Waals surface area contributed by atoms with Gasteiger partial charge in [-0.15, -0.1) is 0 Å². The molecule has 2 rings (SSSR count). The molecular weight excluding hydrogens is 384 g/mol. The van der Waals surface area contributed by atoms with Gasteiger partial charge < -0.3 is 5.32 Å². The van der Waals surface area contributed by atoms with E-state index in [9.17, 15) is 13.2 Å². The van der Waals surface area contributed by atoms with Crippen LogP contribution in [0.3, 0.4) is 0 Å². The van der Waals surface area contributed by atoms with Gasteiger partial charge in [-0.05, 0) is 47.2 Å². The molecule has 1 N–H and O–H groups in total. The fourth-order valence-electron chi connectivity index (χ4n) is 3.08. The standard InChI is InChI=1S/C23H32N2O3S/c1-6-25(7-2)29(27,28)21-15-13-20(14-16-21)24-22(26)17-10-18-8-11-19(12-9-18)23(3,4)5/h8-9,11-16H,6-7,10,17H2,1-5H3,(H,24,26). The summed E-state index contributed by atoms with van der Waals surface area (Å²) >= 11 is 0. The number of rotatable bonds is 8. The van der Waals surface area contributed by atoms with Gasteiger partial charge in [-0.3, -0.25) is 4.79 Å². The summed E-state index contributed by atoms with van der Waals surface area (Å²) in [7, 11) is -3.49. The molecule has 0 saturated heterocycles. The molecule has 29 heavy (non-hydrogen) atoms. The van der Waals surface area contributed by atoms with Crippen LogP contribution in [0.2, 0.25) is 0 Å². The SMILES string of the molecule is CCN(CC)S(=O)(=O)c1ccc(NC(=O)CCc2ccc(C(C)(C)C)cc2)cc1. The molecule has 1 amide bonds. The van der Waals surface area contributed by atoms with Crippen molar-refractivity contribution in [1.29, 1.82) is 0 Å². The number of benzene rings is 2. The zero-order valence-electron chi connectivity index (χ0n) is 18.0. The number of carbonyl (C=O) groups excluding carboxylic acids is 1. The van der Waals surface area contributed by atoms with Crippen LogP contribution in [-0.2, 0) is 26.7 Å². The van der Waals surface area contributed by atoms with Crippen LogP contribution in [0.5, 0.6) is 0 Å². The smallest absolute Gasteiger partial charge is 0.243 e. The Balaban J connectivity index is 1.94. The molecule has 2 aromatic carbocycles. The Hall–Kier alpha value is -2.18. The summed E-state index contributed by atoms with van der Waals surface area (Å²) in [5.41, 5.74) is 3.09. The number of hydrogen-bond donors (Lipinski definition) is 1. The molecule has 158 valence electrons. The van der Waals surface area contributed by atoms with Crippen LogP contribution in [0.1, 0.15) is 52.2 Å². The van der Waals surface area contributed by atoms with Crippen LogP contribution in [-0.4, -0.2) is 31.7 Å². The van der Waals surface area contributed by atoms with Crippen molar-refractivity contribution in [2.24, 2.45) is 0 Å². The minimum Gasteiger partial charge on any atom is -0.326 e. The lowest BCUT2D eigenvalue weighted by molar-refractivity contribution is -0.116. The highest BCUT2D eigenvalue weighted by Gasteiger charge is 2.21. The van der Waals surface area contributed by atoms with Gasteiger partial charge >= 0.3 is 0 Å². The van der Waals surface area contributed by atoms with E-state index in [-0.39, 0.29) is 16.2 Å². The van der Waals surface area contributed by atoms with Crippen LogP contribution >= 0.6 is 0 Å². The number of sulfonamides is 1. The van der Waals surface area contributed by atoms with E-state index in [0.717, 1.165) is 5.56 Å². The van der Waals surface area contributed by atoms with Crippen LogP contribution in [0, 0.1) is 0 Å². The molecule has 0 spiro atoms. The first kappa shape index (κ1) is 23.1. The Kier molecular flexibility index (Phi) is 7.60. The van der Waals surface area contributed by atoms with Crippen molar-refractivity contribution in [3.05, 3.63) is 59.7 Å². The number of nitrogens with one attached hydrogen (secondary N) is 1. The van der Waals surface area contributed by atoms with Gasteiger partial charge in [-0.2, -0.15) is 4.31 Å². The van der Waals surface area contributed by atoms with Crippen LogP contribution in [0.15, 0.2) is 53.4 Å². The fraction of sp³-hybridized carbons (Fsp3) is 0.435. The first-order chi connectivity index (χ1) is 13.6. The van der Waals surface area contributed by atoms with Crippen LogP contribution in [0.25, 0.3) is 0 Å². The molecule has 0 unspecified atom stereocenters. The Morgan fingerprint density at radius 3 is 1.97 bits per heavy atom. The second-order valence-electron chi connectivity index (χ2n) is 8.11. The molecule has 0 heterocycles. The van der Waals surface area contributed by atoms with E-state index in [1.54, 1.807) is 12.1 Å². The van der Waals surface area contributed by atoms with Gasteiger partial charge in [-0.1, -0.05) is 58.9 Å². The van der Waals surface area contributed by atoms with Crippen molar-refractivity contribution in [2.45, 2.75) is 57.8 Å². The Morgan fingerprint density at radius 1 is 0.931 bits per heavy atom. The predicted molar refractivity (Wildman–Crippen MR) is 119 cm³/mol. The van der Waals surface area contributed by atoms with Crippen molar-refractivity contribution in [2.75, 3.05) is 18.4 Å². The van der Waals surface area contributed by atoms with E-state index >= 15 is 0 Å². The van der Waals surface area contributed by atoms with E-state index in [1.807, 2.05) is 13.8 Å². The van der Waals surface area contributed by atoms with E-state index in [2.05, 4.69) is 50.4 Å². The maximum Gasteiger partial charge on any atom is 0.243 e. The molecule has 0 saturated carbocycles. The van der Waals surface area contributed by atoms with Crippen molar-refractivity contribution in [1.82, 2.24) is 4.31 Å². The number of aryl methyl sites for hydroxylation is 1. The number of hydrogen-bond acceptors (Lipinski definition) is 3. The normalized spacial score (nSPS) is 12.2. The Bertz CT molecular complexity index is 908. The van der Waals surface area contributed by atoms with E-state index in [0.29, 0.717) is 31.6 Å². The van der Waals surface area contributed by atoms with Gasteiger partial charge in [0.05, 0.1) is 4.90 Å². The lowest BCUT2D eigenvalue weighted by Gasteiger charge is -2.19. The number of nitrogens with zero attached hydrogens (tertiary/aromatic N) is 1. The average Bonchev–Trinajstić information content (AvgIpc) is 2.67. The lowest BCUT2D eigenvalue weighted by atomic mass is 9.86. The molecule has 5 nitrogen and oxygen atoms in total. The van der Waals surface area contributed by atoms with Crippen molar-refractivity contribution >= 4 is 21.6 Å². The molecule has 0 aromatic heterocycles. The van der Waals surface area contributed by atoms with Crippen molar-refractivity contribution in [3.63, 3.8) is 0 Å². The molecule has 0 aliphatic heterocycles. The molecule has 6 heteroatoms. The van der Waals surface area contributed by atoms with Gasteiger partial charge in [0, 0.05) is 25.2 Å². The average molecular weight is 417 g/mol. The summed E-state index contributed by atoms with van der Waals surface area (Å²) in [5, 5.41) is 2.84. The zero-order valence-corrected chi connectivity index (χ0v) is 18.8. The maximum atomic E-state index is 12.5. The van der Waals surface area contributed by atoms with Crippen molar-refractivity contribution < 1.29 is 13.2 Å². The second-order valence-corrected chi connectivity index (χ2v) is 10.0. The van der Waals surface area contributed by atoms with Crippen LogP contribution in [0.4, 0.5) is 5.69 Å². The number of carbonyl (C=O) groups is 1.